The van der Waals surface area contributed by atoms with Crippen LogP contribution in [0.3, 0.4) is 0 Å². The first-order valence-electron chi connectivity index (χ1n) is 6.83. The first kappa shape index (κ1) is 14.3. The number of hydrogen-bond acceptors (Lipinski definition) is 2. The van der Waals surface area contributed by atoms with E-state index < -0.39 is 0 Å². The lowest BCUT2D eigenvalue weighted by Crippen LogP contribution is -2.14. The zero-order valence-corrected chi connectivity index (χ0v) is 12.1. The number of hydrogen-bond donors (Lipinski definition) is 2. The van der Waals surface area contributed by atoms with Gasteiger partial charge in [-0.2, -0.15) is 0 Å². The van der Waals surface area contributed by atoms with Crippen LogP contribution in [0.1, 0.15) is 32.3 Å². The number of carbonyl (C=O) groups excluding carboxylic acids is 2. The van der Waals surface area contributed by atoms with E-state index in [0.717, 1.165) is 35.4 Å². The van der Waals surface area contributed by atoms with Crippen molar-refractivity contribution in [2.75, 3.05) is 10.6 Å². The lowest BCUT2D eigenvalue weighted by molar-refractivity contribution is -0.117. The molecule has 0 spiro atoms. The van der Waals surface area contributed by atoms with Gasteiger partial charge in [0.05, 0.1) is 0 Å². The second-order valence-corrected chi connectivity index (χ2v) is 5.50. The standard InChI is InChI=1S/C16H20N2O2/c1-10(2)8-15(19)18-14-9-13(7-4-11(14)3)17-16(20)12-5-6-12/h4,7-9,12H,5-6H2,1-3H3,(H,17,20)(H,18,19). The van der Waals surface area contributed by atoms with Crippen LogP contribution in [0.5, 0.6) is 0 Å². The summed E-state index contributed by atoms with van der Waals surface area (Å²) in [6, 6.07) is 5.54. The molecule has 0 unspecified atom stereocenters. The molecule has 1 aliphatic carbocycles. The Morgan fingerprint density at radius 2 is 1.90 bits per heavy atom. The Bertz CT molecular complexity index is 568. The van der Waals surface area contributed by atoms with E-state index in [1.807, 2.05) is 32.9 Å². The van der Waals surface area contributed by atoms with Crippen molar-refractivity contribution in [2.24, 2.45) is 5.92 Å². The lowest BCUT2D eigenvalue weighted by atomic mass is 10.1. The monoisotopic (exact) mass is 272 g/mol. The maximum Gasteiger partial charge on any atom is 0.248 e. The van der Waals surface area contributed by atoms with Gasteiger partial charge in [0.15, 0.2) is 0 Å². The van der Waals surface area contributed by atoms with Crippen LogP contribution >= 0.6 is 0 Å². The average Bonchev–Trinajstić information content (AvgIpc) is 3.16. The molecule has 2 rings (SSSR count). The molecular weight excluding hydrogens is 252 g/mol. The first-order chi connectivity index (χ1) is 9.45. The minimum atomic E-state index is -0.154. The Kier molecular flexibility index (Phi) is 4.23. The van der Waals surface area contributed by atoms with Crippen molar-refractivity contribution in [3.63, 3.8) is 0 Å². The van der Waals surface area contributed by atoms with E-state index >= 15 is 0 Å². The zero-order valence-electron chi connectivity index (χ0n) is 12.1. The molecule has 20 heavy (non-hydrogen) atoms. The summed E-state index contributed by atoms with van der Waals surface area (Å²) in [7, 11) is 0. The van der Waals surface area contributed by atoms with Crippen LogP contribution in [0.4, 0.5) is 11.4 Å². The molecule has 1 fully saturated rings. The van der Waals surface area contributed by atoms with Gasteiger partial charge in [-0.05, 0) is 51.3 Å². The Hall–Kier alpha value is -2.10. The van der Waals surface area contributed by atoms with Crippen molar-refractivity contribution in [2.45, 2.75) is 33.6 Å². The van der Waals surface area contributed by atoms with E-state index in [1.54, 1.807) is 12.1 Å². The van der Waals surface area contributed by atoms with Gasteiger partial charge < -0.3 is 10.6 Å². The topological polar surface area (TPSA) is 58.2 Å². The summed E-state index contributed by atoms with van der Waals surface area (Å²) in [4.78, 5) is 23.5. The van der Waals surface area contributed by atoms with Gasteiger partial charge >= 0.3 is 0 Å². The van der Waals surface area contributed by atoms with Gasteiger partial charge in [0, 0.05) is 23.4 Å². The number of aryl methyl sites for hydroxylation is 1. The summed E-state index contributed by atoms with van der Waals surface area (Å²) >= 11 is 0. The molecule has 1 saturated carbocycles. The Balaban J connectivity index is 2.09. The quantitative estimate of drug-likeness (QED) is 0.827. The van der Waals surface area contributed by atoms with E-state index in [-0.39, 0.29) is 17.7 Å². The summed E-state index contributed by atoms with van der Waals surface area (Å²) in [5.74, 6) is 0.0780. The number of amides is 2. The van der Waals surface area contributed by atoms with Gasteiger partial charge in [-0.1, -0.05) is 11.6 Å². The number of benzene rings is 1. The number of anilines is 2. The largest absolute Gasteiger partial charge is 0.326 e. The van der Waals surface area contributed by atoms with Crippen molar-refractivity contribution in [1.82, 2.24) is 0 Å². The van der Waals surface area contributed by atoms with Crippen LogP contribution in [-0.4, -0.2) is 11.8 Å². The van der Waals surface area contributed by atoms with Crippen LogP contribution in [0, 0.1) is 12.8 Å². The van der Waals surface area contributed by atoms with E-state index in [9.17, 15) is 9.59 Å². The molecule has 0 heterocycles. The van der Waals surface area contributed by atoms with E-state index in [1.165, 1.54) is 0 Å². The SMILES string of the molecule is CC(C)=CC(=O)Nc1cc(NC(=O)C2CC2)ccc1C. The smallest absolute Gasteiger partial charge is 0.248 e. The molecule has 1 aliphatic rings. The van der Waals surface area contributed by atoms with Gasteiger partial charge in [0.25, 0.3) is 0 Å². The fourth-order valence-corrected chi connectivity index (χ4v) is 1.86. The van der Waals surface area contributed by atoms with Gasteiger partial charge in [-0.25, -0.2) is 0 Å². The molecule has 0 atom stereocenters. The molecular formula is C16H20N2O2. The van der Waals surface area contributed by atoms with Gasteiger partial charge in [-0.3, -0.25) is 9.59 Å². The highest BCUT2D eigenvalue weighted by Gasteiger charge is 2.29. The normalized spacial score (nSPS) is 13.6. The van der Waals surface area contributed by atoms with Crippen LogP contribution < -0.4 is 10.6 Å². The summed E-state index contributed by atoms with van der Waals surface area (Å²) in [6.45, 7) is 5.67. The third kappa shape index (κ3) is 3.95. The second kappa shape index (κ2) is 5.90. The summed E-state index contributed by atoms with van der Waals surface area (Å²) in [6.07, 6.45) is 3.50. The van der Waals surface area contributed by atoms with Crippen molar-refractivity contribution in [3.8, 4) is 0 Å². The fourth-order valence-electron chi connectivity index (χ4n) is 1.86. The van der Waals surface area contributed by atoms with Crippen molar-refractivity contribution >= 4 is 23.2 Å². The lowest BCUT2D eigenvalue weighted by Gasteiger charge is -2.10. The Morgan fingerprint density at radius 3 is 2.50 bits per heavy atom. The molecule has 0 aliphatic heterocycles. The molecule has 106 valence electrons. The molecule has 0 radical (unpaired) electrons. The predicted octanol–water partition coefficient (Wildman–Crippen LogP) is 3.25. The molecule has 1 aromatic carbocycles. The molecule has 1 aromatic rings. The Morgan fingerprint density at radius 1 is 1.20 bits per heavy atom. The highest BCUT2D eigenvalue weighted by Crippen LogP contribution is 2.30. The molecule has 4 nitrogen and oxygen atoms in total. The third-order valence-corrected chi connectivity index (χ3v) is 3.13. The zero-order chi connectivity index (χ0) is 14.7. The van der Waals surface area contributed by atoms with Crippen LogP contribution in [0.15, 0.2) is 29.8 Å². The molecule has 0 saturated heterocycles. The number of carbonyl (C=O) groups is 2. The number of rotatable bonds is 4. The summed E-state index contributed by atoms with van der Waals surface area (Å²) in [5, 5.41) is 5.71. The molecule has 2 amide bonds. The van der Waals surface area contributed by atoms with Crippen LogP contribution in [0.2, 0.25) is 0 Å². The van der Waals surface area contributed by atoms with Crippen molar-refractivity contribution < 1.29 is 9.59 Å². The molecule has 0 aromatic heterocycles. The molecule has 4 heteroatoms. The minimum absolute atomic E-state index is 0.0652. The number of nitrogens with one attached hydrogen (secondary N) is 2. The summed E-state index contributed by atoms with van der Waals surface area (Å²) in [5.41, 5.74) is 3.35. The minimum Gasteiger partial charge on any atom is -0.326 e. The second-order valence-electron chi connectivity index (χ2n) is 5.50. The van der Waals surface area contributed by atoms with Gasteiger partial charge in [-0.15, -0.1) is 0 Å². The first-order valence-corrected chi connectivity index (χ1v) is 6.83. The fraction of sp³-hybridized carbons (Fsp3) is 0.375. The maximum absolute atomic E-state index is 11.8. The van der Waals surface area contributed by atoms with Gasteiger partial charge in [0.2, 0.25) is 11.8 Å². The van der Waals surface area contributed by atoms with E-state index in [0.29, 0.717) is 0 Å². The van der Waals surface area contributed by atoms with Crippen molar-refractivity contribution in [1.29, 1.82) is 0 Å². The van der Waals surface area contributed by atoms with E-state index in [2.05, 4.69) is 10.6 Å². The van der Waals surface area contributed by atoms with Crippen LogP contribution in [-0.2, 0) is 9.59 Å². The highest BCUT2D eigenvalue weighted by molar-refractivity contribution is 6.01. The third-order valence-electron chi connectivity index (χ3n) is 3.13. The molecule has 0 bridgehead atoms. The average molecular weight is 272 g/mol. The molecule has 2 N–H and O–H groups in total. The number of allylic oxidation sites excluding steroid dienone is 1. The Labute approximate surface area is 119 Å². The maximum atomic E-state index is 11.8. The van der Waals surface area contributed by atoms with Crippen LogP contribution in [0.25, 0.3) is 0 Å². The van der Waals surface area contributed by atoms with E-state index in [4.69, 9.17) is 0 Å². The highest BCUT2D eigenvalue weighted by atomic mass is 16.2. The van der Waals surface area contributed by atoms with Crippen molar-refractivity contribution in [3.05, 3.63) is 35.4 Å². The van der Waals surface area contributed by atoms with Gasteiger partial charge in [0.1, 0.15) is 0 Å². The summed E-state index contributed by atoms with van der Waals surface area (Å²) < 4.78 is 0. The predicted molar refractivity (Wildman–Crippen MR) is 80.6 cm³/mol.